The molecule has 1 aliphatic carbocycles. The minimum absolute atomic E-state index is 0.241. The van der Waals surface area contributed by atoms with E-state index in [0.29, 0.717) is 5.92 Å². The normalized spacial score (nSPS) is 28.7. The van der Waals surface area contributed by atoms with Crippen LogP contribution in [0.4, 0.5) is 5.69 Å². The number of aldehydes is 1. The van der Waals surface area contributed by atoms with Crippen LogP contribution in [-0.4, -0.2) is 17.8 Å². The third kappa shape index (κ3) is 2.97. The van der Waals surface area contributed by atoms with Crippen LogP contribution >= 0.6 is 11.3 Å². The van der Waals surface area contributed by atoms with Crippen molar-refractivity contribution in [1.29, 1.82) is 0 Å². The summed E-state index contributed by atoms with van der Waals surface area (Å²) in [5, 5.41) is 1.23. The van der Waals surface area contributed by atoms with Crippen molar-refractivity contribution in [2.24, 2.45) is 5.92 Å². The van der Waals surface area contributed by atoms with Crippen LogP contribution in [0.2, 0.25) is 0 Å². The fraction of sp³-hybridized carbons (Fsp3) is 0.481. The maximum atomic E-state index is 11.1. The molecule has 1 unspecified atom stereocenters. The molecule has 1 saturated carbocycles. The van der Waals surface area contributed by atoms with Gasteiger partial charge in [0.05, 0.1) is 20.8 Å². The lowest BCUT2D eigenvalue weighted by atomic mass is 9.83. The van der Waals surface area contributed by atoms with Gasteiger partial charge in [0.1, 0.15) is 6.29 Å². The van der Waals surface area contributed by atoms with Gasteiger partial charge in [0, 0.05) is 35.2 Å². The summed E-state index contributed by atoms with van der Waals surface area (Å²) in [6.45, 7) is 7.55. The molecule has 2 aromatic carbocycles. The minimum Gasteiger partial charge on any atom is -0.341 e. The van der Waals surface area contributed by atoms with Crippen molar-refractivity contribution < 1.29 is 9.53 Å². The Balaban J connectivity index is 1.44. The molecular weight excluding hydrogens is 416 g/mol. The second kappa shape index (κ2) is 7.13. The smallest absolute Gasteiger partial charge is 0.165 e. The number of hydrogen-bond donors (Lipinski definition) is 0. The number of carbonyl (C=O) groups excluding carboxylic acids is 1. The molecular formula is C27H30N2O2S. The second-order valence-corrected chi connectivity index (χ2v) is 11.4. The number of carbonyl (C=O) groups is 1. The molecule has 3 aromatic rings. The molecule has 3 aliphatic rings. The highest BCUT2D eigenvalue weighted by Gasteiger charge is 2.49. The van der Waals surface area contributed by atoms with Gasteiger partial charge in [-0.3, -0.25) is 0 Å². The Morgan fingerprint density at radius 1 is 1.09 bits per heavy atom. The molecule has 3 heterocycles. The molecule has 6 rings (SSSR count). The second-order valence-electron chi connectivity index (χ2n) is 10.3. The SMILES string of the molecule is CC1(C)OC2(C)c3ccccc3CCN2c2cc3sc([C@H]4CC[C@H](C=O)CC4)nc3cc21. The van der Waals surface area contributed by atoms with E-state index in [2.05, 4.69) is 62.1 Å². The summed E-state index contributed by atoms with van der Waals surface area (Å²) in [5.74, 6) is 0.725. The van der Waals surface area contributed by atoms with E-state index in [0.717, 1.165) is 50.5 Å². The lowest BCUT2D eigenvalue weighted by Gasteiger charge is -2.55. The summed E-state index contributed by atoms with van der Waals surface area (Å²) in [7, 11) is 0. The number of rotatable bonds is 2. The van der Waals surface area contributed by atoms with Crippen LogP contribution in [0.3, 0.4) is 0 Å². The molecule has 0 radical (unpaired) electrons. The number of anilines is 1. The zero-order valence-corrected chi connectivity index (χ0v) is 19.9. The Labute approximate surface area is 193 Å². The highest BCUT2D eigenvalue weighted by Crippen LogP contribution is 2.52. The summed E-state index contributed by atoms with van der Waals surface area (Å²) >= 11 is 1.84. The minimum atomic E-state index is -0.472. The number of ether oxygens (including phenoxy) is 1. The fourth-order valence-electron chi connectivity index (χ4n) is 6.16. The Bertz CT molecular complexity index is 1210. The number of thiazole rings is 1. The molecule has 1 aromatic heterocycles. The molecule has 1 atom stereocenters. The first-order valence-corrected chi connectivity index (χ1v) is 12.7. The molecule has 0 N–H and O–H groups in total. The highest BCUT2D eigenvalue weighted by atomic mass is 32.1. The van der Waals surface area contributed by atoms with E-state index < -0.39 is 11.3 Å². The quantitative estimate of drug-likeness (QED) is 0.435. The fourth-order valence-corrected chi connectivity index (χ4v) is 7.31. The Morgan fingerprint density at radius 3 is 2.66 bits per heavy atom. The van der Waals surface area contributed by atoms with E-state index in [1.54, 1.807) is 0 Å². The van der Waals surface area contributed by atoms with Crippen molar-refractivity contribution in [3.63, 3.8) is 0 Å². The van der Waals surface area contributed by atoms with E-state index in [4.69, 9.17) is 9.72 Å². The summed E-state index contributed by atoms with van der Waals surface area (Å²) in [5.41, 5.74) is 5.37. The van der Waals surface area contributed by atoms with Gasteiger partial charge in [0.15, 0.2) is 5.72 Å². The van der Waals surface area contributed by atoms with E-state index >= 15 is 0 Å². The van der Waals surface area contributed by atoms with Crippen molar-refractivity contribution >= 4 is 33.5 Å². The molecule has 2 aliphatic heterocycles. The van der Waals surface area contributed by atoms with Crippen molar-refractivity contribution in [3.8, 4) is 0 Å². The largest absolute Gasteiger partial charge is 0.341 e. The summed E-state index contributed by atoms with van der Waals surface area (Å²) in [6, 6.07) is 13.3. The molecule has 32 heavy (non-hydrogen) atoms. The van der Waals surface area contributed by atoms with Gasteiger partial charge in [0.25, 0.3) is 0 Å². The summed E-state index contributed by atoms with van der Waals surface area (Å²) in [4.78, 5) is 18.7. The number of nitrogens with zero attached hydrogens (tertiary/aromatic N) is 2. The number of fused-ring (bicyclic) bond motifs is 6. The van der Waals surface area contributed by atoms with Gasteiger partial charge in [-0.1, -0.05) is 24.3 Å². The predicted molar refractivity (Wildman–Crippen MR) is 129 cm³/mol. The van der Waals surface area contributed by atoms with E-state index in [1.807, 2.05) is 11.3 Å². The Morgan fingerprint density at radius 2 is 1.88 bits per heavy atom. The van der Waals surface area contributed by atoms with Gasteiger partial charge in [-0.15, -0.1) is 11.3 Å². The maximum Gasteiger partial charge on any atom is 0.165 e. The van der Waals surface area contributed by atoms with Crippen LogP contribution in [0.5, 0.6) is 0 Å². The maximum absolute atomic E-state index is 11.1. The lowest BCUT2D eigenvalue weighted by Crippen LogP contribution is -2.57. The van der Waals surface area contributed by atoms with Crippen LogP contribution in [0.1, 0.15) is 74.1 Å². The van der Waals surface area contributed by atoms with Crippen LogP contribution < -0.4 is 4.90 Å². The Kier molecular flexibility index (Phi) is 4.54. The molecule has 166 valence electrons. The molecule has 0 spiro atoms. The standard InChI is InChI=1S/C27H30N2O2S/c1-26(2)21-14-22-24(32-25(28-22)19-10-8-17(16-30)9-11-19)15-23(21)29-13-12-18-6-4-5-7-20(18)27(29,3)31-26/h4-7,14-17,19H,8-13H2,1-3H3/t17-,19-,27?. The van der Waals surface area contributed by atoms with Crippen molar-refractivity contribution in [2.45, 2.75) is 70.1 Å². The highest BCUT2D eigenvalue weighted by molar-refractivity contribution is 7.18. The van der Waals surface area contributed by atoms with Gasteiger partial charge in [-0.2, -0.15) is 0 Å². The molecule has 0 saturated heterocycles. The van der Waals surface area contributed by atoms with E-state index in [9.17, 15) is 4.79 Å². The van der Waals surface area contributed by atoms with Gasteiger partial charge in [0.2, 0.25) is 0 Å². The van der Waals surface area contributed by atoms with Gasteiger partial charge in [-0.05, 0) is 70.6 Å². The van der Waals surface area contributed by atoms with Gasteiger partial charge < -0.3 is 14.4 Å². The van der Waals surface area contributed by atoms with E-state index in [-0.39, 0.29) is 5.92 Å². The lowest BCUT2D eigenvalue weighted by molar-refractivity contribution is -0.155. The Hall–Kier alpha value is -2.24. The topological polar surface area (TPSA) is 42.4 Å². The third-order valence-corrected chi connectivity index (χ3v) is 9.05. The van der Waals surface area contributed by atoms with Crippen molar-refractivity contribution in [1.82, 2.24) is 4.98 Å². The van der Waals surface area contributed by atoms with Crippen LogP contribution in [0.15, 0.2) is 36.4 Å². The molecule has 0 bridgehead atoms. The summed E-state index contributed by atoms with van der Waals surface area (Å²) in [6.07, 6.45) is 6.29. The predicted octanol–water partition coefficient (Wildman–Crippen LogP) is 6.27. The molecule has 5 heteroatoms. The monoisotopic (exact) mass is 446 g/mol. The van der Waals surface area contributed by atoms with E-state index in [1.165, 1.54) is 32.1 Å². The number of benzene rings is 2. The van der Waals surface area contributed by atoms with Gasteiger partial charge in [-0.25, -0.2) is 4.98 Å². The average Bonchev–Trinajstić information content (AvgIpc) is 3.21. The summed E-state index contributed by atoms with van der Waals surface area (Å²) < 4.78 is 8.14. The first-order chi connectivity index (χ1) is 15.4. The zero-order valence-electron chi connectivity index (χ0n) is 19.1. The van der Waals surface area contributed by atoms with Crippen molar-refractivity contribution in [2.75, 3.05) is 11.4 Å². The first-order valence-electron chi connectivity index (χ1n) is 11.9. The van der Waals surface area contributed by atoms with Crippen LogP contribution in [0, 0.1) is 5.92 Å². The van der Waals surface area contributed by atoms with Gasteiger partial charge >= 0.3 is 0 Å². The number of hydrogen-bond acceptors (Lipinski definition) is 5. The third-order valence-electron chi connectivity index (χ3n) is 7.87. The van der Waals surface area contributed by atoms with Crippen molar-refractivity contribution in [3.05, 3.63) is 58.1 Å². The van der Waals surface area contributed by atoms with Crippen LogP contribution in [-0.2, 0) is 27.3 Å². The molecule has 0 amide bonds. The van der Waals surface area contributed by atoms with Crippen LogP contribution in [0.25, 0.3) is 10.2 Å². The average molecular weight is 447 g/mol. The molecule has 1 fully saturated rings. The molecule has 4 nitrogen and oxygen atoms in total. The first kappa shape index (κ1) is 20.4. The number of aromatic nitrogens is 1. The zero-order chi connectivity index (χ0) is 22.1.